The number of rotatable bonds is 64. The number of nitrogens with one attached hydrogen (secondary N) is 1. The smallest absolute Gasteiger partial charge is 0.456 e. The van der Waals surface area contributed by atoms with Crippen LogP contribution in [0.2, 0.25) is 0 Å². The van der Waals surface area contributed by atoms with E-state index in [-0.39, 0.29) is 31.5 Å². The van der Waals surface area contributed by atoms with Crippen LogP contribution in [0.15, 0.2) is 122 Å². The van der Waals surface area contributed by atoms with Crippen LogP contribution in [0.25, 0.3) is 0 Å². The number of allylic oxidation sites excluding steroid dienone is 19. The maximum Gasteiger partial charge on any atom is 0.472 e. The van der Waals surface area contributed by atoms with E-state index in [4.69, 9.17) is 13.8 Å². The minimum atomic E-state index is -4.47. The fraction of sp³-hybridized carbons (Fsp3) is 0.714. The zero-order valence-electron chi connectivity index (χ0n) is 57.2. The summed E-state index contributed by atoms with van der Waals surface area (Å²) >= 11 is 0. The lowest BCUT2D eigenvalue weighted by atomic mass is 10.0. The van der Waals surface area contributed by atoms with Crippen LogP contribution in [0.4, 0.5) is 0 Å². The molecule has 3 atom stereocenters. The number of phosphoric acid groups is 1. The standard InChI is InChI=1S/C77H135N2O7P/c1-7-10-13-16-19-22-25-27-29-31-33-35-37-38-39-40-42-43-45-47-49-51-54-57-60-63-66-69-76(80)78-74(73-85-87(82,83)84-72-71-79(4,5)6)75(68-65-62-59-56-53-24-21-18-15-12-9-3)86-77(81)70-67-64-61-58-55-52-50-48-46-44-41-36-34-32-30-28-26-23-20-17-14-11-8-2/h11,14,19-20,22-23,27-30,33-36,44,46,50,52,65,68,74-75H,7-10,12-13,15-18,21,24-26,31-32,37-43,45,47-49,51,53-64,66-67,69-73H2,1-6H3,(H-,78,80,82,83)/p+1/b14-11-,22-19-,23-20-,29-27-,30-28-,35-33-,36-34-,46-44-,52-50-,68-65-. The van der Waals surface area contributed by atoms with Crippen LogP contribution in [0.5, 0.6) is 0 Å². The first kappa shape index (κ1) is 83.4. The summed E-state index contributed by atoms with van der Waals surface area (Å²) in [6.07, 6.45) is 92.1. The van der Waals surface area contributed by atoms with E-state index in [2.05, 4.69) is 135 Å². The molecule has 10 heteroatoms. The van der Waals surface area contributed by atoms with Crippen molar-refractivity contribution in [3.05, 3.63) is 122 Å². The highest BCUT2D eigenvalue weighted by Crippen LogP contribution is 2.43. The Morgan fingerprint density at radius 3 is 1.13 bits per heavy atom. The second kappa shape index (κ2) is 65.4. The third-order valence-corrected chi connectivity index (χ3v) is 16.4. The molecule has 1 amide bonds. The molecule has 0 aromatic heterocycles. The van der Waals surface area contributed by atoms with Gasteiger partial charge in [-0.15, -0.1) is 0 Å². The number of quaternary nitrogens is 1. The van der Waals surface area contributed by atoms with E-state index in [1.54, 1.807) is 0 Å². The SMILES string of the molecule is CC/C=C\C/C=C\C/C=C\C/C=C\C/C=C\C/C=C\CCCCCCC(=O)OC(/C=C\CCCCCCCCCCC)C(COP(=O)(O)OCC[N+](C)(C)C)NC(=O)CCCCCCCCCCCCCCCC/C=C\C/C=C\C/C=C\CCCCC. The molecular formula is C77H136N2O7P+. The van der Waals surface area contributed by atoms with Gasteiger partial charge in [0, 0.05) is 12.8 Å². The number of carbonyl (C=O) groups is 2. The van der Waals surface area contributed by atoms with Gasteiger partial charge >= 0.3 is 13.8 Å². The maximum atomic E-state index is 13.6. The number of likely N-dealkylation sites (N-methyl/N-ethyl adjacent to an activating group) is 1. The minimum Gasteiger partial charge on any atom is -0.456 e. The van der Waals surface area contributed by atoms with Crippen LogP contribution >= 0.6 is 7.82 Å². The number of phosphoric ester groups is 1. The number of hydrogen-bond acceptors (Lipinski definition) is 6. The topological polar surface area (TPSA) is 111 Å². The lowest BCUT2D eigenvalue weighted by Gasteiger charge is -2.27. The van der Waals surface area contributed by atoms with E-state index in [1.165, 1.54) is 148 Å². The summed E-state index contributed by atoms with van der Waals surface area (Å²) in [4.78, 5) is 37.9. The molecule has 0 radical (unpaired) electrons. The fourth-order valence-corrected chi connectivity index (χ4v) is 10.6. The molecule has 0 bridgehead atoms. The maximum absolute atomic E-state index is 13.6. The van der Waals surface area contributed by atoms with E-state index in [9.17, 15) is 19.0 Å². The third kappa shape index (κ3) is 66.7. The first-order chi connectivity index (χ1) is 42.4. The van der Waals surface area contributed by atoms with Crippen molar-refractivity contribution in [1.29, 1.82) is 0 Å². The van der Waals surface area contributed by atoms with Gasteiger partial charge in [-0.2, -0.15) is 0 Å². The van der Waals surface area contributed by atoms with Gasteiger partial charge in [-0.05, 0) is 122 Å². The van der Waals surface area contributed by atoms with Gasteiger partial charge in [0.25, 0.3) is 0 Å². The zero-order valence-corrected chi connectivity index (χ0v) is 58.1. The molecule has 0 rings (SSSR count). The van der Waals surface area contributed by atoms with Gasteiger partial charge in [0.2, 0.25) is 5.91 Å². The number of ether oxygens (including phenoxy) is 1. The Hall–Kier alpha value is -3.59. The van der Waals surface area contributed by atoms with Gasteiger partial charge < -0.3 is 19.4 Å². The molecule has 0 aliphatic heterocycles. The fourth-order valence-electron chi connectivity index (χ4n) is 9.89. The van der Waals surface area contributed by atoms with E-state index in [0.717, 1.165) is 116 Å². The van der Waals surface area contributed by atoms with Gasteiger partial charge in [-0.1, -0.05) is 290 Å². The van der Waals surface area contributed by atoms with Gasteiger partial charge in [0.15, 0.2) is 0 Å². The third-order valence-electron chi connectivity index (χ3n) is 15.4. The number of unbranched alkanes of at least 4 members (excludes halogenated alkanes) is 30. The molecule has 0 spiro atoms. The van der Waals surface area contributed by atoms with Gasteiger partial charge in [0.05, 0.1) is 33.8 Å². The predicted octanol–water partition coefficient (Wildman–Crippen LogP) is 23.0. The van der Waals surface area contributed by atoms with Crippen molar-refractivity contribution < 1.29 is 37.3 Å². The van der Waals surface area contributed by atoms with Crippen molar-refractivity contribution in [1.82, 2.24) is 5.32 Å². The Bertz CT molecular complexity index is 1900. The Morgan fingerprint density at radius 1 is 0.414 bits per heavy atom. The van der Waals surface area contributed by atoms with Gasteiger partial charge in [-0.3, -0.25) is 18.6 Å². The molecule has 0 aliphatic carbocycles. The van der Waals surface area contributed by atoms with E-state index in [1.807, 2.05) is 33.3 Å². The van der Waals surface area contributed by atoms with E-state index >= 15 is 0 Å². The highest BCUT2D eigenvalue weighted by molar-refractivity contribution is 7.47. The summed E-state index contributed by atoms with van der Waals surface area (Å²) in [6, 6.07) is -0.868. The monoisotopic (exact) mass is 1230 g/mol. The first-order valence-corrected chi connectivity index (χ1v) is 37.4. The largest absolute Gasteiger partial charge is 0.472 e. The van der Waals surface area contributed by atoms with Crippen LogP contribution in [-0.4, -0.2) is 74.3 Å². The van der Waals surface area contributed by atoms with Crippen molar-refractivity contribution in [2.75, 3.05) is 40.9 Å². The normalized spacial score (nSPS) is 14.2. The van der Waals surface area contributed by atoms with Crippen LogP contribution in [0, 0.1) is 0 Å². The second-order valence-corrected chi connectivity index (χ2v) is 26.5. The van der Waals surface area contributed by atoms with Crippen LogP contribution in [-0.2, 0) is 27.9 Å². The highest BCUT2D eigenvalue weighted by atomic mass is 31.2. The van der Waals surface area contributed by atoms with Crippen LogP contribution in [0.3, 0.4) is 0 Å². The summed E-state index contributed by atoms with van der Waals surface area (Å²) in [5.74, 6) is -0.536. The Kier molecular flexibility index (Phi) is 62.7. The molecule has 0 heterocycles. The molecule has 3 unspecified atom stereocenters. The number of hydrogen-bond donors (Lipinski definition) is 2. The first-order valence-electron chi connectivity index (χ1n) is 35.9. The minimum absolute atomic E-state index is 0.0303. The molecular weight excluding hydrogens is 1100 g/mol. The molecule has 0 aromatic rings. The highest BCUT2D eigenvalue weighted by Gasteiger charge is 2.30. The van der Waals surface area contributed by atoms with Crippen molar-refractivity contribution in [3.63, 3.8) is 0 Å². The lowest BCUT2D eigenvalue weighted by molar-refractivity contribution is -0.870. The van der Waals surface area contributed by atoms with Gasteiger partial charge in [0.1, 0.15) is 19.3 Å². The quantitative estimate of drug-likeness (QED) is 0.0205. The molecule has 9 nitrogen and oxygen atoms in total. The molecule has 2 N–H and O–H groups in total. The van der Waals surface area contributed by atoms with Crippen LogP contribution in [0.1, 0.15) is 303 Å². The van der Waals surface area contributed by atoms with Crippen LogP contribution < -0.4 is 5.32 Å². The molecule has 500 valence electrons. The average Bonchev–Trinajstić information content (AvgIpc) is 3.70. The molecule has 0 aromatic carbocycles. The lowest BCUT2D eigenvalue weighted by Crippen LogP contribution is -2.47. The zero-order chi connectivity index (χ0) is 63.5. The van der Waals surface area contributed by atoms with Gasteiger partial charge in [-0.25, -0.2) is 4.57 Å². The molecule has 0 saturated carbocycles. The van der Waals surface area contributed by atoms with E-state index < -0.39 is 20.0 Å². The predicted molar refractivity (Wildman–Crippen MR) is 378 cm³/mol. The summed E-state index contributed by atoms with van der Waals surface area (Å²) in [5.41, 5.74) is 0. The van der Waals surface area contributed by atoms with E-state index in [0.29, 0.717) is 23.9 Å². The summed E-state index contributed by atoms with van der Waals surface area (Å²) < 4.78 is 30.8. The summed E-state index contributed by atoms with van der Waals surface area (Å²) in [6.45, 7) is 6.86. The molecule has 0 fully saturated rings. The molecule has 0 saturated heterocycles. The second-order valence-electron chi connectivity index (χ2n) is 25.0. The summed E-state index contributed by atoms with van der Waals surface area (Å²) in [7, 11) is 1.47. The average molecular weight is 1230 g/mol. The van der Waals surface area contributed by atoms with Crippen molar-refractivity contribution >= 4 is 19.7 Å². The molecule has 0 aliphatic rings. The number of carbonyl (C=O) groups excluding carboxylic acids is 2. The Labute approximate surface area is 537 Å². The Morgan fingerprint density at radius 2 is 0.736 bits per heavy atom. The Balaban J connectivity index is 5.06. The number of amides is 1. The van der Waals surface area contributed by atoms with Crippen molar-refractivity contribution in [2.24, 2.45) is 0 Å². The number of nitrogens with zero attached hydrogens (tertiary/aromatic N) is 1. The summed E-state index contributed by atoms with van der Waals surface area (Å²) in [5, 5.41) is 3.06. The van der Waals surface area contributed by atoms with Crippen molar-refractivity contribution in [2.45, 2.75) is 315 Å². The molecule has 87 heavy (non-hydrogen) atoms. The van der Waals surface area contributed by atoms with Crippen molar-refractivity contribution in [3.8, 4) is 0 Å². The number of esters is 1.